The third-order valence-corrected chi connectivity index (χ3v) is 5.79. The van der Waals surface area contributed by atoms with Gasteiger partial charge in [0.25, 0.3) is 5.91 Å². The second kappa shape index (κ2) is 9.24. The summed E-state index contributed by atoms with van der Waals surface area (Å²) < 4.78 is 0. The molecule has 0 saturated carbocycles. The van der Waals surface area contributed by atoms with Gasteiger partial charge in [0, 0.05) is 38.3 Å². The van der Waals surface area contributed by atoms with Crippen LogP contribution < -0.4 is 10.2 Å². The van der Waals surface area contributed by atoms with Crippen molar-refractivity contribution in [3.8, 4) is 0 Å². The van der Waals surface area contributed by atoms with Crippen LogP contribution in [-0.4, -0.2) is 42.9 Å². The summed E-state index contributed by atoms with van der Waals surface area (Å²) in [4.78, 5) is 29.2. The first-order valence-electron chi connectivity index (χ1n) is 9.25. The van der Waals surface area contributed by atoms with E-state index in [0.29, 0.717) is 24.5 Å². The molecule has 3 rings (SSSR count). The topological polar surface area (TPSA) is 52.7 Å². The molecule has 0 aliphatic carbocycles. The minimum atomic E-state index is 0.0152. The maximum atomic E-state index is 12.4. The second-order valence-electron chi connectivity index (χ2n) is 6.57. The van der Waals surface area contributed by atoms with Crippen LogP contribution in [0.4, 0.5) is 11.4 Å². The molecule has 2 heterocycles. The summed E-state index contributed by atoms with van der Waals surface area (Å²) in [6.07, 6.45) is 2.40. The first-order valence-corrected chi connectivity index (χ1v) is 10.5. The molecule has 1 aromatic heterocycles. The molecule has 1 N–H and O–H groups in total. The maximum Gasteiger partial charge on any atom is 0.264 e. The van der Waals surface area contributed by atoms with Crippen molar-refractivity contribution < 1.29 is 9.59 Å². The molecule has 0 bridgehead atoms. The van der Waals surface area contributed by atoms with Crippen LogP contribution in [0.1, 0.15) is 35.9 Å². The molecule has 1 saturated heterocycles. The van der Waals surface area contributed by atoms with Gasteiger partial charge in [0.1, 0.15) is 0 Å². The molecule has 1 aliphatic rings. The highest BCUT2D eigenvalue weighted by Crippen LogP contribution is 2.30. The predicted molar refractivity (Wildman–Crippen MR) is 112 cm³/mol. The largest absolute Gasteiger partial charge is 0.367 e. The van der Waals surface area contributed by atoms with Crippen LogP contribution in [0.25, 0.3) is 0 Å². The molecule has 0 spiro atoms. The number of hydrogen-bond acceptors (Lipinski definition) is 4. The summed E-state index contributed by atoms with van der Waals surface area (Å²) in [6, 6.07) is 9.38. The van der Waals surface area contributed by atoms with Crippen LogP contribution in [0.3, 0.4) is 0 Å². The van der Waals surface area contributed by atoms with Crippen molar-refractivity contribution in [1.82, 2.24) is 4.90 Å². The summed E-state index contributed by atoms with van der Waals surface area (Å²) in [5.74, 6) is 0.113. The first kappa shape index (κ1) is 19.7. The fourth-order valence-corrected chi connectivity index (χ4v) is 4.10. The third kappa shape index (κ3) is 5.02. The van der Waals surface area contributed by atoms with Gasteiger partial charge < -0.3 is 15.1 Å². The highest BCUT2D eigenvalue weighted by atomic mass is 35.5. The quantitative estimate of drug-likeness (QED) is 0.770. The zero-order valence-corrected chi connectivity index (χ0v) is 17.0. The number of unbranched alkanes of at least 4 members (excludes halogenated alkanes) is 1. The normalized spacial score (nSPS) is 14.3. The van der Waals surface area contributed by atoms with Gasteiger partial charge in [0.2, 0.25) is 5.91 Å². The van der Waals surface area contributed by atoms with Crippen molar-refractivity contribution in [2.75, 3.05) is 36.4 Å². The molecule has 0 atom stereocenters. The molecule has 1 aliphatic heterocycles. The Balaban J connectivity index is 1.58. The van der Waals surface area contributed by atoms with Crippen LogP contribution >= 0.6 is 22.9 Å². The van der Waals surface area contributed by atoms with Crippen molar-refractivity contribution in [2.24, 2.45) is 0 Å². The molecule has 27 heavy (non-hydrogen) atoms. The van der Waals surface area contributed by atoms with Gasteiger partial charge in [-0.25, -0.2) is 0 Å². The molecule has 2 aromatic rings. The Morgan fingerprint density at radius 2 is 1.96 bits per heavy atom. The lowest BCUT2D eigenvalue weighted by Crippen LogP contribution is -2.48. The van der Waals surface area contributed by atoms with Gasteiger partial charge in [-0.2, -0.15) is 0 Å². The van der Waals surface area contributed by atoms with Crippen LogP contribution in [0.15, 0.2) is 35.7 Å². The average molecular weight is 406 g/mol. The molecule has 144 valence electrons. The van der Waals surface area contributed by atoms with Crippen molar-refractivity contribution in [3.05, 3.63) is 45.6 Å². The lowest BCUT2D eigenvalue weighted by molar-refractivity contribution is -0.116. The van der Waals surface area contributed by atoms with E-state index in [1.807, 2.05) is 34.5 Å². The molecule has 0 unspecified atom stereocenters. The summed E-state index contributed by atoms with van der Waals surface area (Å²) in [7, 11) is 0. The highest BCUT2D eigenvalue weighted by Gasteiger charge is 2.23. The molecule has 1 aromatic carbocycles. The van der Waals surface area contributed by atoms with Gasteiger partial charge in [-0.3, -0.25) is 9.59 Å². The Hall–Kier alpha value is -2.05. The maximum absolute atomic E-state index is 12.4. The Kier molecular flexibility index (Phi) is 6.74. The van der Waals surface area contributed by atoms with Crippen LogP contribution in [0.2, 0.25) is 5.02 Å². The number of benzene rings is 1. The van der Waals surface area contributed by atoms with Crippen LogP contribution in [-0.2, 0) is 4.79 Å². The predicted octanol–water partition coefficient (Wildman–Crippen LogP) is 4.49. The van der Waals surface area contributed by atoms with E-state index in [2.05, 4.69) is 17.1 Å². The number of halogens is 1. The Bertz CT molecular complexity index is 787. The fourth-order valence-electron chi connectivity index (χ4n) is 3.11. The van der Waals surface area contributed by atoms with Gasteiger partial charge >= 0.3 is 0 Å². The highest BCUT2D eigenvalue weighted by molar-refractivity contribution is 7.12. The van der Waals surface area contributed by atoms with Crippen LogP contribution in [0.5, 0.6) is 0 Å². The molecular weight excluding hydrogens is 382 g/mol. The Labute approximate surface area is 168 Å². The minimum Gasteiger partial charge on any atom is -0.367 e. The number of amides is 2. The smallest absolute Gasteiger partial charge is 0.264 e. The third-order valence-electron chi connectivity index (χ3n) is 4.63. The van der Waals surface area contributed by atoms with E-state index in [0.717, 1.165) is 42.2 Å². The van der Waals surface area contributed by atoms with E-state index in [-0.39, 0.29) is 11.8 Å². The number of piperazine rings is 1. The van der Waals surface area contributed by atoms with Crippen molar-refractivity contribution >= 4 is 46.1 Å². The fraction of sp³-hybridized carbons (Fsp3) is 0.400. The number of anilines is 2. The van der Waals surface area contributed by atoms with E-state index < -0.39 is 0 Å². The number of carbonyl (C=O) groups excluding carboxylic acids is 2. The summed E-state index contributed by atoms with van der Waals surface area (Å²) >= 11 is 7.93. The first-order chi connectivity index (χ1) is 13.1. The molecule has 7 heteroatoms. The number of carbonyl (C=O) groups is 2. The molecular formula is C20H24ClN3O2S. The zero-order chi connectivity index (χ0) is 19.2. The lowest BCUT2D eigenvalue weighted by atomic mass is 10.2. The molecule has 1 fully saturated rings. The van der Waals surface area contributed by atoms with Crippen molar-refractivity contribution in [2.45, 2.75) is 26.2 Å². The number of rotatable bonds is 6. The van der Waals surface area contributed by atoms with Gasteiger partial charge in [0.05, 0.1) is 15.6 Å². The molecule has 2 amide bonds. The standard InChI is InChI=1S/C20H24ClN3O2S/c1-2-3-6-19(25)22-15-7-8-17(16(21)14-15)23-9-11-24(12-10-23)20(26)18-5-4-13-27-18/h4-5,7-8,13-14H,2-3,6,9-12H2,1H3,(H,22,25). The summed E-state index contributed by atoms with van der Waals surface area (Å²) in [5, 5.41) is 5.43. The van der Waals surface area contributed by atoms with E-state index in [1.165, 1.54) is 11.3 Å². The van der Waals surface area contributed by atoms with E-state index in [1.54, 1.807) is 6.07 Å². The number of nitrogens with one attached hydrogen (secondary N) is 1. The average Bonchev–Trinajstić information content (AvgIpc) is 3.21. The SMILES string of the molecule is CCCCC(=O)Nc1ccc(N2CCN(C(=O)c3cccs3)CC2)c(Cl)c1. The monoisotopic (exact) mass is 405 g/mol. The van der Waals surface area contributed by atoms with Gasteiger partial charge in [-0.1, -0.05) is 31.0 Å². The minimum absolute atomic E-state index is 0.0152. The summed E-state index contributed by atoms with van der Waals surface area (Å²) in [5.41, 5.74) is 1.66. The number of thiophene rings is 1. The zero-order valence-electron chi connectivity index (χ0n) is 15.4. The van der Waals surface area contributed by atoms with Gasteiger partial charge in [0.15, 0.2) is 0 Å². The lowest BCUT2D eigenvalue weighted by Gasteiger charge is -2.36. The van der Waals surface area contributed by atoms with Crippen molar-refractivity contribution in [1.29, 1.82) is 0 Å². The molecule has 0 radical (unpaired) electrons. The van der Waals surface area contributed by atoms with Crippen molar-refractivity contribution in [3.63, 3.8) is 0 Å². The van der Waals surface area contributed by atoms with E-state index in [9.17, 15) is 9.59 Å². The second-order valence-corrected chi connectivity index (χ2v) is 7.93. The van der Waals surface area contributed by atoms with E-state index >= 15 is 0 Å². The summed E-state index contributed by atoms with van der Waals surface area (Å²) in [6.45, 7) is 4.87. The number of hydrogen-bond donors (Lipinski definition) is 1. The van der Waals surface area contributed by atoms with Crippen LogP contribution in [0, 0.1) is 0 Å². The Morgan fingerprint density at radius 3 is 2.59 bits per heavy atom. The Morgan fingerprint density at radius 1 is 1.19 bits per heavy atom. The number of nitrogens with zero attached hydrogens (tertiary/aromatic N) is 2. The van der Waals surface area contributed by atoms with Gasteiger partial charge in [-0.05, 0) is 36.1 Å². The van der Waals surface area contributed by atoms with Gasteiger partial charge in [-0.15, -0.1) is 11.3 Å². The van der Waals surface area contributed by atoms with E-state index in [4.69, 9.17) is 11.6 Å². The molecule has 5 nitrogen and oxygen atoms in total.